The summed E-state index contributed by atoms with van der Waals surface area (Å²) in [6.45, 7) is 6.78. The predicted octanol–water partition coefficient (Wildman–Crippen LogP) is 3.57. The van der Waals surface area contributed by atoms with Crippen LogP contribution in [0.4, 0.5) is 0 Å². The highest BCUT2D eigenvalue weighted by atomic mass is 79.9. The first-order valence-corrected chi connectivity index (χ1v) is 7.66. The van der Waals surface area contributed by atoms with Crippen LogP contribution in [0.1, 0.15) is 38.3 Å². The van der Waals surface area contributed by atoms with Gasteiger partial charge in [0.15, 0.2) is 0 Å². The van der Waals surface area contributed by atoms with Crippen molar-refractivity contribution in [3.8, 4) is 0 Å². The van der Waals surface area contributed by atoms with Gasteiger partial charge in [0.25, 0.3) is 0 Å². The fourth-order valence-electron chi connectivity index (χ4n) is 2.96. The maximum absolute atomic E-state index is 6.22. The van der Waals surface area contributed by atoms with Gasteiger partial charge in [0.05, 0.1) is 0 Å². The normalized spacial score (nSPS) is 24.1. The lowest BCUT2D eigenvalue weighted by molar-refractivity contribution is 0.210. The quantitative estimate of drug-likeness (QED) is 0.921. The van der Waals surface area contributed by atoms with Gasteiger partial charge in [-0.05, 0) is 43.5 Å². The van der Waals surface area contributed by atoms with Crippen molar-refractivity contribution in [2.24, 2.45) is 11.7 Å². The van der Waals surface area contributed by atoms with Crippen LogP contribution in [0.15, 0.2) is 28.7 Å². The molecule has 0 spiro atoms. The van der Waals surface area contributed by atoms with Crippen LogP contribution in [0.3, 0.4) is 0 Å². The zero-order valence-corrected chi connectivity index (χ0v) is 12.9. The van der Waals surface area contributed by atoms with Crippen LogP contribution in [0.25, 0.3) is 0 Å². The van der Waals surface area contributed by atoms with Crippen LogP contribution in [-0.2, 0) is 0 Å². The van der Waals surface area contributed by atoms with Gasteiger partial charge in [0, 0.05) is 23.1 Å². The highest BCUT2D eigenvalue weighted by molar-refractivity contribution is 9.10. The molecule has 1 aliphatic heterocycles. The Morgan fingerprint density at radius 3 is 2.56 bits per heavy atom. The van der Waals surface area contributed by atoms with E-state index >= 15 is 0 Å². The summed E-state index contributed by atoms with van der Waals surface area (Å²) >= 11 is 3.49. The largest absolute Gasteiger partial charge is 0.326 e. The van der Waals surface area contributed by atoms with E-state index in [2.05, 4.69) is 58.9 Å². The number of hydrogen-bond donors (Lipinski definition) is 1. The first-order chi connectivity index (χ1) is 8.61. The number of rotatable bonds is 4. The third-order valence-electron chi connectivity index (χ3n) is 4.00. The zero-order valence-electron chi connectivity index (χ0n) is 11.3. The summed E-state index contributed by atoms with van der Waals surface area (Å²) in [6, 6.07) is 9.13. The molecule has 1 aliphatic rings. The SMILES string of the molecule is CCC1CCN(C(c2ccc(Br)cc2)C(C)N)C1. The molecule has 1 aromatic carbocycles. The minimum atomic E-state index is 0.168. The average molecular weight is 311 g/mol. The topological polar surface area (TPSA) is 29.3 Å². The maximum atomic E-state index is 6.22. The van der Waals surface area contributed by atoms with Crippen LogP contribution in [-0.4, -0.2) is 24.0 Å². The van der Waals surface area contributed by atoms with Crippen molar-refractivity contribution in [2.75, 3.05) is 13.1 Å². The molecule has 3 unspecified atom stereocenters. The molecule has 1 fully saturated rings. The molecule has 0 amide bonds. The third kappa shape index (κ3) is 3.14. The monoisotopic (exact) mass is 310 g/mol. The number of hydrogen-bond acceptors (Lipinski definition) is 2. The summed E-state index contributed by atoms with van der Waals surface area (Å²) in [5.41, 5.74) is 7.56. The molecule has 2 nitrogen and oxygen atoms in total. The summed E-state index contributed by atoms with van der Waals surface area (Å²) in [5, 5.41) is 0. The summed E-state index contributed by atoms with van der Waals surface area (Å²) in [4.78, 5) is 2.56. The summed E-state index contributed by atoms with van der Waals surface area (Å²) < 4.78 is 1.13. The summed E-state index contributed by atoms with van der Waals surface area (Å²) in [6.07, 6.45) is 2.60. The molecule has 2 rings (SSSR count). The smallest absolute Gasteiger partial charge is 0.0496 e. The van der Waals surface area contributed by atoms with E-state index in [-0.39, 0.29) is 6.04 Å². The second-order valence-electron chi connectivity index (χ2n) is 5.41. The molecule has 0 radical (unpaired) electrons. The number of benzene rings is 1. The molecular formula is C15H23BrN2. The van der Waals surface area contributed by atoms with Gasteiger partial charge in [0.2, 0.25) is 0 Å². The van der Waals surface area contributed by atoms with Crippen molar-refractivity contribution in [3.05, 3.63) is 34.3 Å². The van der Waals surface area contributed by atoms with E-state index in [1.54, 1.807) is 0 Å². The van der Waals surface area contributed by atoms with Gasteiger partial charge in [-0.2, -0.15) is 0 Å². The Morgan fingerprint density at radius 1 is 1.39 bits per heavy atom. The van der Waals surface area contributed by atoms with Gasteiger partial charge in [-0.3, -0.25) is 4.90 Å². The van der Waals surface area contributed by atoms with Gasteiger partial charge in [-0.1, -0.05) is 41.4 Å². The molecule has 3 atom stereocenters. The first kappa shape index (κ1) is 14.0. The van der Waals surface area contributed by atoms with Crippen molar-refractivity contribution in [3.63, 3.8) is 0 Å². The second kappa shape index (κ2) is 6.18. The summed E-state index contributed by atoms with van der Waals surface area (Å²) in [7, 11) is 0. The number of nitrogens with two attached hydrogens (primary N) is 1. The lowest BCUT2D eigenvalue weighted by Gasteiger charge is -2.31. The Bertz CT molecular complexity index is 375. The van der Waals surface area contributed by atoms with Crippen molar-refractivity contribution < 1.29 is 0 Å². The van der Waals surface area contributed by atoms with Crippen molar-refractivity contribution in [1.82, 2.24) is 4.90 Å². The molecule has 2 N–H and O–H groups in total. The van der Waals surface area contributed by atoms with Crippen LogP contribution in [0, 0.1) is 5.92 Å². The van der Waals surface area contributed by atoms with E-state index in [4.69, 9.17) is 5.73 Å². The van der Waals surface area contributed by atoms with Crippen molar-refractivity contribution in [2.45, 2.75) is 38.8 Å². The van der Waals surface area contributed by atoms with E-state index in [0.717, 1.165) is 10.4 Å². The van der Waals surface area contributed by atoms with E-state index < -0.39 is 0 Å². The zero-order chi connectivity index (χ0) is 13.1. The van der Waals surface area contributed by atoms with Crippen LogP contribution >= 0.6 is 15.9 Å². The van der Waals surface area contributed by atoms with Gasteiger partial charge < -0.3 is 5.73 Å². The molecule has 0 bridgehead atoms. The molecule has 0 aliphatic carbocycles. The minimum absolute atomic E-state index is 0.168. The van der Waals surface area contributed by atoms with Crippen LogP contribution in [0.5, 0.6) is 0 Å². The Kier molecular flexibility index (Phi) is 4.82. The van der Waals surface area contributed by atoms with Crippen LogP contribution in [0.2, 0.25) is 0 Å². The highest BCUT2D eigenvalue weighted by Gasteiger charge is 2.30. The van der Waals surface area contributed by atoms with E-state index in [9.17, 15) is 0 Å². The Morgan fingerprint density at radius 2 is 2.06 bits per heavy atom. The maximum Gasteiger partial charge on any atom is 0.0496 e. The lowest BCUT2D eigenvalue weighted by Crippen LogP contribution is -2.38. The van der Waals surface area contributed by atoms with Crippen molar-refractivity contribution >= 4 is 15.9 Å². The molecule has 3 heteroatoms. The van der Waals surface area contributed by atoms with Crippen molar-refractivity contribution in [1.29, 1.82) is 0 Å². The van der Waals surface area contributed by atoms with Gasteiger partial charge in [0.1, 0.15) is 0 Å². The predicted molar refractivity (Wildman–Crippen MR) is 80.5 cm³/mol. The second-order valence-corrected chi connectivity index (χ2v) is 6.33. The molecule has 1 heterocycles. The molecular weight excluding hydrogens is 288 g/mol. The molecule has 100 valence electrons. The van der Waals surface area contributed by atoms with Crippen LogP contribution < -0.4 is 5.73 Å². The Balaban J connectivity index is 2.16. The number of halogens is 1. The Labute approximate surface area is 119 Å². The van der Waals surface area contributed by atoms with Gasteiger partial charge >= 0.3 is 0 Å². The molecule has 0 saturated carbocycles. The molecule has 1 saturated heterocycles. The molecule has 1 aromatic rings. The Hall–Kier alpha value is -0.380. The van der Waals surface area contributed by atoms with Gasteiger partial charge in [-0.15, -0.1) is 0 Å². The number of likely N-dealkylation sites (tertiary alicyclic amines) is 1. The standard InChI is InChI=1S/C15H23BrN2/c1-3-12-8-9-18(10-12)15(11(2)17)13-4-6-14(16)7-5-13/h4-7,11-12,15H,3,8-10,17H2,1-2H3. The first-order valence-electron chi connectivity index (χ1n) is 6.87. The summed E-state index contributed by atoms with van der Waals surface area (Å²) in [5.74, 6) is 0.849. The lowest BCUT2D eigenvalue weighted by atomic mass is 9.99. The van der Waals surface area contributed by atoms with E-state index in [0.29, 0.717) is 6.04 Å². The average Bonchev–Trinajstić information content (AvgIpc) is 2.80. The highest BCUT2D eigenvalue weighted by Crippen LogP contribution is 2.31. The van der Waals surface area contributed by atoms with E-state index in [1.807, 2.05) is 0 Å². The van der Waals surface area contributed by atoms with E-state index in [1.165, 1.54) is 31.5 Å². The molecule has 0 aromatic heterocycles. The number of nitrogens with zero attached hydrogens (tertiary/aromatic N) is 1. The minimum Gasteiger partial charge on any atom is -0.326 e. The fraction of sp³-hybridized carbons (Fsp3) is 0.600. The third-order valence-corrected chi connectivity index (χ3v) is 4.53. The van der Waals surface area contributed by atoms with Gasteiger partial charge in [-0.25, -0.2) is 0 Å². The fourth-order valence-corrected chi connectivity index (χ4v) is 3.22. The molecule has 18 heavy (non-hydrogen) atoms.